The van der Waals surface area contributed by atoms with Crippen LogP contribution in [0.2, 0.25) is 0 Å². The van der Waals surface area contributed by atoms with Gasteiger partial charge in [-0.25, -0.2) is 0 Å². The second-order valence-corrected chi connectivity index (χ2v) is 4.30. The van der Waals surface area contributed by atoms with Gasteiger partial charge in [0.25, 0.3) is 0 Å². The maximum absolute atomic E-state index is 11.5. The lowest BCUT2D eigenvalue weighted by atomic mass is 10.0. The van der Waals surface area contributed by atoms with E-state index in [-0.39, 0.29) is 0 Å². The Hall–Kier alpha value is -0.570. The molecule has 3 nitrogen and oxygen atoms in total. The molecular formula is C10H20N2O. The first-order chi connectivity index (χ1) is 6.02. The average Bonchev–Trinajstić information content (AvgIpc) is 2.04. The van der Waals surface area contributed by atoms with Gasteiger partial charge in [-0.3, -0.25) is 4.79 Å². The van der Waals surface area contributed by atoms with E-state index in [1.54, 1.807) is 0 Å². The first kappa shape index (κ1) is 10.5. The number of amides is 1. The van der Waals surface area contributed by atoms with E-state index in [0.717, 1.165) is 13.0 Å². The van der Waals surface area contributed by atoms with E-state index in [9.17, 15) is 4.79 Å². The van der Waals surface area contributed by atoms with Gasteiger partial charge in [-0.15, -0.1) is 0 Å². The van der Waals surface area contributed by atoms with Gasteiger partial charge in [-0.1, -0.05) is 0 Å². The van der Waals surface area contributed by atoms with E-state index < -0.39 is 0 Å². The van der Waals surface area contributed by atoms with Crippen molar-refractivity contribution in [2.45, 2.75) is 38.8 Å². The van der Waals surface area contributed by atoms with Crippen molar-refractivity contribution in [3.05, 3.63) is 0 Å². The van der Waals surface area contributed by atoms with Crippen LogP contribution in [0.25, 0.3) is 0 Å². The molecule has 0 bridgehead atoms. The highest BCUT2D eigenvalue weighted by Gasteiger charge is 2.27. The summed E-state index contributed by atoms with van der Waals surface area (Å²) in [6.45, 7) is 5.05. The normalized spacial score (nSPS) is 24.6. The first-order valence-corrected chi connectivity index (χ1v) is 4.98. The fraction of sp³-hybridized carbons (Fsp3) is 0.900. The highest BCUT2D eigenvalue weighted by molar-refractivity contribution is 5.77. The molecule has 0 aromatic rings. The number of rotatable bonds is 2. The lowest BCUT2D eigenvalue weighted by molar-refractivity contribution is -0.136. The van der Waals surface area contributed by atoms with Crippen LogP contribution in [0, 0.1) is 0 Å². The third-order valence-corrected chi connectivity index (χ3v) is 2.77. The third-order valence-electron chi connectivity index (χ3n) is 2.77. The molecule has 1 fully saturated rings. The molecule has 1 aliphatic heterocycles. The molecule has 0 N–H and O–H groups in total. The largest absolute Gasteiger partial charge is 0.339 e. The van der Waals surface area contributed by atoms with Crippen molar-refractivity contribution in [3.8, 4) is 0 Å². The van der Waals surface area contributed by atoms with Crippen LogP contribution in [0.4, 0.5) is 0 Å². The summed E-state index contributed by atoms with van der Waals surface area (Å²) in [5, 5.41) is 0. The number of carbonyl (C=O) groups excluding carboxylic acids is 1. The van der Waals surface area contributed by atoms with Crippen LogP contribution in [0.15, 0.2) is 0 Å². The van der Waals surface area contributed by atoms with Gasteiger partial charge in [0.2, 0.25) is 5.91 Å². The molecule has 0 aromatic carbocycles. The molecule has 1 saturated heterocycles. The number of hydrogen-bond donors (Lipinski definition) is 0. The van der Waals surface area contributed by atoms with Gasteiger partial charge in [0.05, 0.1) is 0 Å². The fourth-order valence-corrected chi connectivity index (χ4v) is 1.77. The molecular weight excluding hydrogens is 164 g/mol. The zero-order chi connectivity index (χ0) is 10.0. The molecule has 3 heteroatoms. The van der Waals surface area contributed by atoms with Gasteiger partial charge in [0.1, 0.15) is 0 Å². The molecule has 76 valence electrons. The number of piperidine rings is 1. The van der Waals surface area contributed by atoms with Crippen molar-refractivity contribution in [3.63, 3.8) is 0 Å². The summed E-state index contributed by atoms with van der Waals surface area (Å²) in [5.74, 6) is 0.313. The summed E-state index contributed by atoms with van der Waals surface area (Å²) < 4.78 is 0. The van der Waals surface area contributed by atoms with Crippen LogP contribution in [0.3, 0.4) is 0 Å². The van der Waals surface area contributed by atoms with Gasteiger partial charge in [-0.05, 0) is 34.4 Å². The minimum atomic E-state index is 0.313. The Morgan fingerprint density at radius 1 is 1.46 bits per heavy atom. The lowest BCUT2D eigenvalue weighted by Gasteiger charge is -2.38. The molecule has 1 rings (SSSR count). The Labute approximate surface area is 80.7 Å². The van der Waals surface area contributed by atoms with E-state index in [1.807, 2.05) is 4.90 Å². The third kappa shape index (κ3) is 2.44. The maximum Gasteiger partial charge on any atom is 0.222 e. The fourth-order valence-electron chi connectivity index (χ4n) is 1.77. The van der Waals surface area contributed by atoms with Crippen LogP contribution in [-0.4, -0.2) is 48.4 Å². The van der Waals surface area contributed by atoms with Crippen molar-refractivity contribution in [2.24, 2.45) is 0 Å². The average molecular weight is 184 g/mol. The van der Waals surface area contributed by atoms with E-state index in [4.69, 9.17) is 0 Å². The van der Waals surface area contributed by atoms with Crippen molar-refractivity contribution < 1.29 is 4.79 Å². The summed E-state index contributed by atoms with van der Waals surface area (Å²) in [6, 6.07) is 0.885. The first-order valence-electron chi connectivity index (χ1n) is 4.98. The topological polar surface area (TPSA) is 23.6 Å². The highest BCUT2D eigenvalue weighted by atomic mass is 16.2. The van der Waals surface area contributed by atoms with Gasteiger partial charge < -0.3 is 9.80 Å². The Kier molecular flexibility index (Phi) is 3.31. The SMILES string of the molecule is CC(C)N1CC(N(C)C)CCC1=O. The molecule has 0 spiro atoms. The standard InChI is InChI=1S/C10H20N2O/c1-8(2)12-7-9(11(3)4)5-6-10(12)13/h8-9H,5-7H2,1-4H3. The van der Waals surface area contributed by atoms with Gasteiger partial charge in [0, 0.05) is 25.0 Å². The summed E-state index contributed by atoms with van der Waals surface area (Å²) in [6.07, 6.45) is 1.72. The number of likely N-dealkylation sites (N-methyl/N-ethyl adjacent to an activating group) is 1. The van der Waals surface area contributed by atoms with Crippen LogP contribution >= 0.6 is 0 Å². The molecule has 0 aliphatic carbocycles. The zero-order valence-corrected chi connectivity index (χ0v) is 9.08. The highest BCUT2D eigenvalue weighted by Crippen LogP contribution is 2.16. The smallest absolute Gasteiger partial charge is 0.222 e. The van der Waals surface area contributed by atoms with Gasteiger partial charge in [0.15, 0.2) is 0 Å². The Morgan fingerprint density at radius 2 is 2.08 bits per heavy atom. The summed E-state index contributed by atoms with van der Waals surface area (Å²) >= 11 is 0. The van der Waals surface area contributed by atoms with Crippen LogP contribution < -0.4 is 0 Å². The molecule has 1 amide bonds. The number of likely N-dealkylation sites (tertiary alicyclic amines) is 1. The predicted molar refractivity (Wildman–Crippen MR) is 53.6 cm³/mol. The maximum atomic E-state index is 11.5. The molecule has 1 aliphatic rings. The Balaban J connectivity index is 2.58. The molecule has 1 atom stereocenters. The van der Waals surface area contributed by atoms with Crippen LogP contribution in [-0.2, 0) is 4.79 Å². The monoisotopic (exact) mass is 184 g/mol. The second kappa shape index (κ2) is 4.09. The van der Waals surface area contributed by atoms with Crippen molar-refractivity contribution in [2.75, 3.05) is 20.6 Å². The van der Waals surface area contributed by atoms with Gasteiger partial charge in [-0.2, -0.15) is 0 Å². The summed E-state index contributed by atoms with van der Waals surface area (Å²) in [7, 11) is 4.16. The lowest BCUT2D eigenvalue weighted by Crippen LogP contribution is -2.50. The molecule has 13 heavy (non-hydrogen) atoms. The Bertz CT molecular complexity index is 189. The van der Waals surface area contributed by atoms with Crippen LogP contribution in [0.5, 0.6) is 0 Å². The quantitative estimate of drug-likeness (QED) is 0.638. The predicted octanol–water partition coefficient (Wildman–Crippen LogP) is 0.947. The second-order valence-electron chi connectivity index (χ2n) is 4.30. The number of nitrogens with zero attached hydrogens (tertiary/aromatic N) is 2. The minimum absolute atomic E-state index is 0.313. The van der Waals surface area contributed by atoms with E-state index >= 15 is 0 Å². The minimum Gasteiger partial charge on any atom is -0.339 e. The number of hydrogen-bond acceptors (Lipinski definition) is 2. The van der Waals surface area contributed by atoms with Crippen molar-refractivity contribution in [1.29, 1.82) is 0 Å². The molecule has 1 heterocycles. The summed E-state index contributed by atoms with van der Waals surface area (Å²) in [4.78, 5) is 15.7. The van der Waals surface area contributed by atoms with Crippen LogP contribution in [0.1, 0.15) is 26.7 Å². The van der Waals surface area contributed by atoms with E-state index in [0.29, 0.717) is 24.4 Å². The van der Waals surface area contributed by atoms with Crippen molar-refractivity contribution >= 4 is 5.91 Å². The Morgan fingerprint density at radius 3 is 2.54 bits per heavy atom. The molecule has 0 saturated carbocycles. The van der Waals surface area contributed by atoms with E-state index in [1.165, 1.54) is 0 Å². The molecule has 1 unspecified atom stereocenters. The molecule has 0 aromatic heterocycles. The summed E-state index contributed by atoms with van der Waals surface area (Å²) in [5.41, 5.74) is 0. The zero-order valence-electron chi connectivity index (χ0n) is 9.08. The van der Waals surface area contributed by atoms with Gasteiger partial charge >= 0.3 is 0 Å². The number of carbonyl (C=O) groups is 1. The molecule has 0 radical (unpaired) electrons. The van der Waals surface area contributed by atoms with Crippen molar-refractivity contribution in [1.82, 2.24) is 9.80 Å². The van der Waals surface area contributed by atoms with E-state index in [2.05, 4.69) is 32.8 Å².